The Morgan fingerprint density at radius 3 is 2.90 bits per heavy atom. The van der Waals surface area contributed by atoms with Crippen molar-refractivity contribution in [3.63, 3.8) is 0 Å². The van der Waals surface area contributed by atoms with Gasteiger partial charge in [-0.2, -0.15) is 5.10 Å². The van der Waals surface area contributed by atoms with E-state index in [2.05, 4.69) is 29.2 Å². The highest BCUT2D eigenvalue weighted by atomic mass is 16.4. The number of aromatic nitrogens is 3. The minimum Gasteiger partial charge on any atom is -0.467 e. The Balaban J connectivity index is 1.69. The molecule has 0 fully saturated rings. The van der Waals surface area contributed by atoms with Crippen LogP contribution in [0.3, 0.4) is 0 Å². The van der Waals surface area contributed by atoms with Crippen molar-refractivity contribution < 1.29 is 9.52 Å². The van der Waals surface area contributed by atoms with E-state index >= 15 is 0 Å². The van der Waals surface area contributed by atoms with Gasteiger partial charge in [-0.1, -0.05) is 0 Å². The van der Waals surface area contributed by atoms with Gasteiger partial charge in [-0.3, -0.25) is 4.68 Å². The molecule has 20 heavy (non-hydrogen) atoms. The highest BCUT2D eigenvalue weighted by Crippen LogP contribution is 2.18. The Morgan fingerprint density at radius 2 is 2.25 bits per heavy atom. The van der Waals surface area contributed by atoms with Crippen molar-refractivity contribution in [3.05, 3.63) is 36.8 Å². The number of rotatable bonds is 8. The molecule has 6 nitrogen and oxygen atoms in total. The van der Waals surface area contributed by atoms with Crippen LogP contribution in [0.1, 0.15) is 38.6 Å². The summed E-state index contributed by atoms with van der Waals surface area (Å²) >= 11 is 0. The van der Waals surface area contributed by atoms with E-state index < -0.39 is 6.10 Å². The minimum atomic E-state index is -0.560. The maximum absolute atomic E-state index is 10.0. The average molecular weight is 278 g/mol. The predicted molar refractivity (Wildman–Crippen MR) is 75.0 cm³/mol. The highest BCUT2D eigenvalue weighted by molar-refractivity contribution is 5.02. The Kier molecular flexibility index (Phi) is 5.31. The van der Waals surface area contributed by atoms with Crippen LogP contribution in [0, 0.1) is 0 Å². The summed E-state index contributed by atoms with van der Waals surface area (Å²) in [6.45, 7) is 5.03. The number of furan rings is 1. The number of aryl methyl sites for hydroxylation is 1. The summed E-state index contributed by atoms with van der Waals surface area (Å²) in [6.07, 6.45) is 5.87. The molecule has 0 amide bonds. The zero-order valence-corrected chi connectivity index (χ0v) is 11.9. The third-order valence-electron chi connectivity index (χ3n) is 3.28. The molecule has 2 rings (SSSR count). The largest absolute Gasteiger partial charge is 0.467 e. The van der Waals surface area contributed by atoms with Crippen LogP contribution in [-0.4, -0.2) is 32.0 Å². The van der Waals surface area contributed by atoms with Gasteiger partial charge in [0.15, 0.2) is 0 Å². The molecule has 0 radical (unpaired) electrons. The molecule has 2 N–H and O–H groups in total. The van der Waals surface area contributed by atoms with Gasteiger partial charge in [0.25, 0.3) is 0 Å². The van der Waals surface area contributed by atoms with Crippen molar-refractivity contribution in [3.8, 4) is 0 Å². The van der Waals surface area contributed by atoms with Crippen LogP contribution in [0.4, 0.5) is 0 Å². The number of hydrogen-bond acceptors (Lipinski definition) is 5. The van der Waals surface area contributed by atoms with Gasteiger partial charge in [0, 0.05) is 18.6 Å². The molecule has 0 spiro atoms. The van der Waals surface area contributed by atoms with Gasteiger partial charge in [0.2, 0.25) is 0 Å². The van der Waals surface area contributed by atoms with Gasteiger partial charge in [-0.15, -0.1) is 0 Å². The Morgan fingerprint density at radius 1 is 1.40 bits per heavy atom. The van der Waals surface area contributed by atoms with E-state index in [9.17, 15) is 5.11 Å². The monoisotopic (exact) mass is 278 g/mol. The van der Waals surface area contributed by atoms with E-state index in [0.29, 0.717) is 18.2 Å². The lowest BCUT2D eigenvalue weighted by Gasteiger charge is -2.21. The number of hydrogen-bond donors (Lipinski definition) is 2. The van der Waals surface area contributed by atoms with Crippen LogP contribution in [0.5, 0.6) is 0 Å². The molecule has 0 aliphatic rings. The van der Waals surface area contributed by atoms with E-state index in [1.807, 2.05) is 4.68 Å². The molecular formula is C14H22N4O2. The summed E-state index contributed by atoms with van der Waals surface area (Å²) in [5.74, 6) is 0.619. The molecule has 2 aromatic heterocycles. The Labute approximate surface area is 118 Å². The molecule has 0 saturated heterocycles. The van der Waals surface area contributed by atoms with Gasteiger partial charge in [0.1, 0.15) is 24.5 Å². The van der Waals surface area contributed by atoms with Crippen LogP contribution < -0.4 is 5.32 Å². The summed E-state index contributed by atoms with van der Waals surface area (Å²) < 4.78 is 7.02. The number of nitrogens with zero attached hydrogens (tertiary/aromatic N) is 3. The van der Waals surface area contributed by atoms with Crippen molar-refractivity contribution in [1.82, 2.24) is 20.1 Å². The van der Waals surface area contributed by atoms with Crippen molar-refractivity contribution in [1.29, 1.82) is 0 Å². The normalized spacial score (nSPS) is 15.9. The van der Waals surface area contributed by atoms with Crippen molar-refractivity contribution in [2.24, 2.45) is 0 Å². The molecular weight excluding hydrogens is 256 g/mol. The first-order valence-corrected chi connectivity index (χ1v) is 6.95. The second kappa shape index (κ2) is 7.21. The molecule has 0 aliphatic carbocycles. The molecule has 2 aromatic rings. The molecule has 0 aliphatic heterocycles. The maximum Gasteiger partial charge on any atom is 0.137 e. The van der Waals surface area contributed by atoms with Gasteiger partial charge < -0.3 is 14.8 Å². The molecule has 2 heterocycles. The fraction of sp³-hybridized carbons (Fsp3) is 0.571. The molecule has 0 bridgehead atoms. The SMILES string of the molecule is CC(CCn1cncn1)NC(C)CC(O)c1ccco1. The lowest BCUT2D eigenvalue weighted by atomic mass is 10.1. The molecule has 3 unspecified atom stereocenters. The molecule has 110 valence electrons. The Bertz CT molecular complexity index is 469. The van der Waals surface area contributed by atoms with Crippen molar-refractivity contribution >= 4 is 0 Å². The van der Waals surface area contributed by atoms with E-state index in [0.717, 1.165) is 13.0 Å². The van der Waals surface area contributed by atoms with Crippen LogP contribution in [0.2, 0.25) is 0 Å². The summed E-state index contributed by atoms with van der Waals surface area (Å²) in [6, 6.07) is 4.14. The van der Waals surface area contributed by atoms with E-state index in [-0.39, 0.29) is 6.04 Å². The third kappa shape index (κ3) is 4.47. The molecule has 0 saturated carbocycles. The average Bonchev–Trinajstić information content (AvgIpc) is 3.09. The standard InChI is InChI=1S/C14H22N4O2/c1-11(5-6-18-10-15-9-16-18)17-12(2)8-13(19)14-4-3-7-20-14/h3-4,7,9-13,17,19H,5-6,8H2,1-2H3. The smallest absolute Gasteiger partial charge is 0.137 e. The van der Waals surface area contributed by atoms with Crippen molar-refractivity contribution in [2.75, 3.05) is 0 Å². The van der Waals surface area contributed by atoms with Crippen LogP contribution >= 0.6 is 0 Å². The maximum atomic E-state index is 10.0. The van der Waals surface area contributed by atoms with Gasteiger partial charge in [0.05, 0.1) is 6.26 Å². The molecule has 0 aromatic carbocycles. The first-order chi connectivity index (χ1) is 9.65. The number of nitrogens with one attached hydrogen (secondary N) is 1. The lowest BCUT2D eigenvalue weighted by Crippen LogP contribution is -2.36. The third-order valence-corrected chi connectivity index (χ3v) is 3.28. The Hall–Kier alpha value is -1.66. The quantitative estimate of drug-likeness (QED) is 0.769. The summed E-state index contributed by atoms with van der Waals surface area (Å²) in [5, 5.41) is 17.6. The van der Waals surface area contributed by atoms with Crippen LogP contribution in [0.25, 0.3) is 0 Å². The number of aliphatic hydroxyl groups excluding tert-OH is 1. The van der Waals surface area contributed by atoms with E-state index in [4.69, 9.17) is 4.42 Å². The highest BCUT2D eigenvalue weighted by Gasteiger charge is 2.16. The fourth-order valence-corrected chi connectivity index (χ4v) is 2.24. The lowest BCUT2D eigenvalue weighted by molar-refractivity contribution is 0.126. The van der Waals surface area contributed by atoms with Gasteiger partial charge in [-0.05, 0) is 38.8 Å². The molecule has 6 heteroatoms. The van der Waals surface area contributed by atoms with Gasteiger partial charge >= 0.3 is 0 Å². The topological polar surface area (TPSA) is 76.1 Å². The number of aliphatic hydroxyl groups is 1. The second-order valence-corrected chi connectivity index (χ2v) is 5.18. The van der Waals surface area contributed by atoms with E-state index in [1.54, 1.807) is 31.1 Å². The van der Waals surface area contributed by atoms with Gasteiger partial charge in [-0.25, -0.2) is 4.98 Å². The minimum absolute atomic E-state index is 0.209. The van der Waals surface area contributed by atoms with Crippen LogP contribution in [-0.2, 0) is 6.54 Å². The first-order valence-electron chi connectivity index (χ1n) is 6.95. The first kappa shape index (κ1) is 14.7. The zero-order chi connectivity index (χ0) is 14.4. The zero-order valence-electron chi connectivity index (χ0n) is 11.9. The second-order valence-electron chi connectivity index (χ2n) is 5.18. The summed E-state index contributed by atoms with van der Waals surface area (Å²) in [5.41, 5.74) is 0. The summed E-state index contributed by atoms with van der Waals surface area (Å²) in [7, 11) is 0. The van der Waals surface area contributed by atoms with Crippen molar-refractivity contribution in [2.45, 2.75) is 51.4 Å². The van der Waals surface area contributed by atoms with Crippen LogP contribution in [0.15, 0.2) is 35.5 Å². The van der Waals surface area contributed by atoms with E-state index in [1.165, 1.54) is 0 Å². The fourth-order valence-electron chi connectivity index (χ4n) is 2.24. The summed E-state index contributed by atoms with van der Waals surface area (Å²) in [4.78, 5) is 3.92. The predicted octanol–water partition coefficient (Wildman–Crippen LogP) is 1.75. The molecule has 3 atom stereocenters.